The van der Waals surface area contributed by atoms with Crippen molar-refractivity contribution in [3.05, 3.63) is 23.3 Å². The summed E-state index contributed by atoms with van der Waals surface area (Å²) < 4.78 is 14.4. The minimum atomic E-state index is 0. The van der Waals surface area contributed by atoms with Crippen LogP contribution in [0.2, 0.25) is 0 Å². The highest BCUT2D eigenvalue weighted by molar-refractivity contribution is 7.47. The van der Waals surface area contributed by atoms with Gasteiger partial charge in [-0.1, -0.05) is 6.92 Å². The number of hydrogen-bond acceptors (Lipinski definition) is 4. The first kappa shape index (κ1) is 16.1. The lowest BCUT2D eigenvalue weighted by atomic mass is 10.0. The van der Waals surface area contributed by atoms with Gasteiger partial charge in [-0.3, -0.25) is 0 Å². The molecule has 0 aliphatic heterocycles. The molecule has 17 heavy (non-hydrogen) atoms. The Hall–Kier alpha value is -0.870. The molecule has 0 spiro atoms. The van der Waals surface area contributed by atoms with E-state index in [0.717, 1.165) is 35.5 Å². The van der Waals surface area contributed by atoms with E-state index >= 15 is 0 Å². The summed E-state index contributed by atoms with van der Waals surface area (Å²) in [4.78, 5) is 0. The molecule has 0 aliphatic carbocycles. The zero-order valence-electron chi connectivity index (χ0n) is 10.4. The van der Waals surface area contributed by atoms with Crippen molar-refractivity contribution in [1.82, 2.24) is 0 Å². The number of aryl methyl sites for hydroxylation is 1. The topological polar surface area (TPSA) is 30.8 Å². The van der Waals surface area contributed by atoms with Gasteiger partial charge in [-0.05, 0) is 36.1 Å². The predicted molar refractivity (Wildman–Crippen MR) is 74.5 cm³/mol. The van der Waals surface area contributed by atoms with Crippen LogP contribution in [0.15, 0.2) is 16.5 Å². The molecule has 1 aromatic carbocycles. The van der Waals surface area contributed by atoms with E-state index in [0.29, 0.717) is 6.54 Å². The van der Waals surface area contributed by atoms with E-state index in [1.807, 2.05) is 12.1 Å². The second-order valence-corrected chi connectivity index (χ2v) is 3.69. The molecule has 0 heterocycles. The third-order valence-electron chi connectivity index (χ3n) is 2.54. The second kappa shape index (κ2) is 8.25. The van der Waals surface area contributed by atoms with Crippen molar-refractivity contribution in [3.63, 3.8) is 0 Å². The maximum Gasteiger partial charge on any atom is 0.122 e. The van der Waals surface area contributed by atoms with E-state index in [1.165, 1.54) is 0 Å². The van der Waals surface area contributed by atoms with Gasteiger partial charge in [0.25, 0.3) is 0 Å². The fraction of sp³-hybridized carbons (Fsp3) is 0.500. The van der Waals surface area contributed by atoms with Crippen LogP contribution < -0.4 is 9.47 Å². The molecule has 0 aromatic heterocycles. The smallest absolute Gasteiger partial charge is 0.122 e. The maximum atomic E-state index is 5.35. The van der Waals surface area contributed by atoms with Crippen molar-refractivity contribution in [1.29, 1.82) is 0 Å². The average molecular weight is 276 g/mol. The molecule has 0 aliphatic rings. The van der Waals surface area contributed by atoms with Crippen LogP contribution in [0.25, 0.3) is 0 Å². The standard InChI is InChI=1S/C12H17NO2S.ClH/c1-4-9-7-12(15-3)10(5-6-13-16)8-11(9)14-2;/h7-8H,4-6H2,1-3H3;1H. The predicted octanol–water partition coefficient (Wildman–Crippen LogP) is 2.96. The Bertz CT molecular complexity index is 372. The van der Waals surface area contributed by atoms with Crippen LogP contribution >= 0.6 is 12.4 Å². The number of methoxy groups -OCH3 is 2. The molecule has 96 valence electrons. The summed E-state index contributed by atoms with van der Waals surface area (Å²) in [5.41, 5.74) is 2.24. The van der Waals surface area contributed by atoms with Crippen molar-refractivity contribution in [2.45, 2.75) is 19.8 Å². The van der Waals surface area contributed by atoms with Crippen LogP contribution in [0.3, 0.4) is 0 Å². The number of nitrogens with zero attached hydrogens (tertiary/aromatic N) is 1. The Morgan fingerprint density at radius 1 is 1.12 bits per heavy atom. The van der Waals surface area contributed by atoms with Gasteiger partial charge in [0.2, 0.25) is 0 Å². The van der Waals surface area contributed by atoms with E-state index < -0.39 is 0 Å². The van der Waals surface area contributed by atoms with E-state index in [4.69, 9.17) is 9.47 Å². The second-order valence-electron chi connectivity index (χ2n) is 3.43. The molecule has 5 heteroatoms. The lowest BCUT2D eigenvalue weighted by Crippen LogP contribution is -1.99. The zero-order chi connectivity index (χ0) is 12.0. The highest BCUT2D eigenvalue weighted by atomic mass is 35.5. The number of benzene rings is 1. The molecule has 0 radical (unpaired) electrons. The number of halogens is 1. The van der Waals surface area contributed by atoms with Crippen molar-refractivity contribution < 1.29 is 9.47 Å². The summed E-state index contributed by atoms with van der Waals surface area (Å²) in [6.07, 6.45) is 1.71. The molecule has 0 unspecified atom stereocenters. The Balaban J connectivity index is 0.00000256. The van der Waals surface area contributed by atoms with Crippen molar-refractivity contribution >= 4 is 24.8 Å². The lowest BCUT2D eigenvalue weighted by molar-refractivity contribution is 0.395. The van der Waals surface area contributed by atoms with Crippen LogP contribution in [-0.2, 0) is 25.3 Å². The number of hydrogen-bond donors (Lipinski definition) is 0. The largest absolute Gasteiger partial charge is 0.496 e. The van der Waals surface area contributed by atoms with Gasteiger partial charge in [-0.15, -0.1) is 12.4 Å². The molecule has 1 aromatic rings. The van der Waals surface area contributed by atoms with Crippen LogP contribution in [0, 0.1) is 0 Å². The summed E-state index contributed by atoms with van der Waals surface area (Å²) in [5, 5.41) is 0. The molecule has 0 fully saturated rings. The minimum Gasteiger partial charge on any atom is -0.496 e. The van der Waals surface area contributed by atoms with E-state index in [1.54, 1.807) is 14.2 Å². The molecule has 0 saturated carbocycles. The Morgan fingerprint density at radius 2 is 1.65 bits per heavy atom. The lowest BCUT2D eigenvalue weighted by Gasteiger charge is -2.13. The first-order chi connectivity index (χ1) is 7.76. The van der Waals surface area contributed by atoms with E-state index in [9.17, 15) is 0 Å². The molecule has 0 N–H and O–H groups in total. The van der Waals surface area contributed by atoms with Crippen molar-refractivity contribution in [2.24, 2.45) is 4.36 Å². The van der Waals surface area contributed by atoms with Crippen LogP contribution in [-0.4, -0.2) is 20.8 Å². The molecule has 0 atom stereocenters. The van der Waals surface area contributed by atoms with Crippen LogP contribution in [0.1, 0.15) is 18.1 Å². The van der Waals surface area contributed by atoms with Crippen LogP contribution in [0.5, 0.6) is 11.5 Å². The van der Waals surface area contributed by atoms with Crippen molar-refractivity contribution in [3.8, 4) is 11.5 Å². The summed E-state index contributed by atoms with van der Waals surface area (Å²) in [6.45, 7) is 2.72. The monoisotopic (exact) mass is 275 g/mol. The third kappa shape index (κ3) is 4.13. The third-order valence-corrected chi connectivity index (χ3v) is 2.72. The summed E-state index contributed by atoms with van der Waals surface area (Å²) in [5.74, 6) is 1.79. The fourth-order valence-electron chi connectivity index (χ4n) is 1.66. The Morgan fingerprint density at radius 3 is 2.12 bits per heavy atom. The molecular formula is C12H18ClNO2S. The van der Waals surface area contributed by atoms with Crippen LogP contribution in [0.4, 0.5) is 0 Å². The first-order valence-electron chi connectivity index (χ1n) is 5.29. The first-order valence-corrected chi connectivity index (χ1v) is 5.66. The molecule has 0 bridgehead atoms. The molecule has 0 amide bonds. The molecular weight excluding hydrogens is 258 g/mol. The van der Waals surface area contributed by atoms with Gasteiger partial charge in [0, 0.05) is 12.4 Å². The SMILES string of the molecule is CCc1cc(OC)c(CCN=S)cc1OC.Cl. The van der Waals surface area contributed by atoms with Gasteiger partial charge in [0.05, 0.1) is 20.8 Å². The summed E-state index contributed by atoms with van der Waals surface area (Å²) in [7, 11) is 3.36. The van der Waals surface area contributed by atoms with Gasteiger partial charge >= 0.3 is 0 Å². The molecule has 1 rings (SSSR count). The summed E-state index contributed by atoms with van der Waals surface area (Å²) >= 11 is 4.59. The zero-order valence-corrected chi connectivity index (χ0v) is 12.0. The van der Waals surface area contributed by atoms with Gasteiger partial charge in [0.1, 0.15) is 11.5 Å². The summed E-state index contributed by atoms with van der Waals surface area (Å²) in [6, 6.07) is 4.04. The molecule has 3 nitrogen and oxygen atoms in total. The van der Waals surface area contributed by atoms with Gasteiger partial charge in [-0.2, -0.15) is 0 Å². The number of ether oxygens (including phenoxy) is 2. The fourth-order valence-corrected chi connectivity index (χ4v) is 1.75. The minimum absolute atomic E-state index is 0. The normalized spacial score (nSPS) is 9.35. The van der Waals surface area contributed by atoms with Gasteiger partial charge < -0.3 is 9.47 Å². The van der Waals surface area contributed by atoms with E-state index in [2.05, 4.69) is 23.7 Å². The molecule has 0 saturated heterocycles. The Kier molecular flexibility index (Phi) is 7.83. The van der Waals surface area contributed by atoms with Gasteiger partial charge in [-0.25, -0.2) is 4.36 Å². The highest BCUT2D eigenvalue weighted by Gasteiger charge is 2.09. The maximum absolute atomic E-state index is 5.35. The quantitative estimate of drug-likeness (QED) is 0.800. The van der Waals surface area contributed by atoms with Crippen molar-refractivity contribution in [2.75, 3.05) is 20.8 Å². The Labute approximate surface area is 114 Å². The van der Waals surface area contributed by atoms with Gasteiger partial charge in [0.15, 0.2) is 0 Å². The van der Waals surface area contributed by atoms with E-state index in [-0.39, 0.29) is 12.4 Å². The number of rotatable bonds is 6. The highest BCUT2D eigenvalue weighted by Crippen LogP contribution is 2.29. The average Bonchev–Trinajstić information content (AvgIpc) is 2.35.